The molecule has 0 amide bonds. The Balaban J connectivity index is 2.40. The van der Waals surface area contributed by atoms with Crippen molar-refractivity contribution in [1.29, 1.82) is 0 Å². The van der Waals surface area contributed by atoms with Gasteiger partial charge in [-0.2, -0.15) is 12.8 Å². The van der Waals surface area contributed by atoms with E-state index in [1.165, 1.54) is 43.4 Å². The summed E-state index contributed by atoms with van der Waals surface area (Å²) in [5, 5.41) is 3.75. The quantitative estimate of drug-likeness (QED) is 0.571. The predicted octanol–water partition coefficient (Wildman–Crippen LogP) is 4.35. The van der Waals surface area contributed by atoms with E-state index in [2.05, 4.69) is 5.10 Å². The van der Waals surface area contributed by atoms with Gasteiger partial charge in [-0.25, -0.2) is 4.39 Å². The van der Waals surface area contributed by atoms with Gasteiger partial charge in [-0.05, 0) is 36.4 Å². The van der Waals surface area contributed by atoms with Gasteiger partial charge in [-0.1, -0.05) is 40.9 Å². The van der Waals surface area contributed by atoms with Gasteiger partial charge in [0.05, 0.1) is 15.5 Å². The lowest BCUT2D eigenvalue weighted by Gasteiger charge is -2.15. The van der Waals surface area contributed by atoms with Gasteiger partial charge in [-0.3, -0.25) is 0 Å². The van der Waals surface area contributed by atoms with Gasteiger partial charge in [0, 0.05) is 12.1 Å². The molecule has 0 aliphatic heterocycles. The van der Waals surface area contributed by atoms with Gasteiger partial charge in [0.15, 0.2) is 5.17 Å². The fourth-order valence-electron chi connectivity index (χ4n) is 1.68. The van der Waals surface area contributed by atoms with E-state index >= 15 is 0 Å². The van der Waals surface area contributed by atoms with Crippen LogP contribution in [0.3, 0.4) is 0 Å². The van der Waals surface area contributed by atoms with Crippen molar-refractivity contribution < 1.29 is 12.8 Å². The van der Waals surface area contributed by atoms with Gasteiger partial charge in [0.2, 0.25) is 0 Å². The highest BCUT2D eigenvalue weighted by Crippen LogP contribution is 2.23. The Hall–Kier alpha value is -1.34. The van der Waals surface area contributed by atoms with Crippen molar-refractivity contribution in [2.75, 3.05) is 7.05 Å². The number of hydrogen-bond donors (Lipinski definition) is 0. The molecule has 0 N–H and O–H groups in total. The first-order chi connectivity index (χ1) is 10.7. The van der Waals surface area contributed by atoms with Crippen molar-refractivity contribution in [2.45, 2.75) is 4.90 Å². The first-order valence-corrected chi connectivity index (χ1v) is 8.74. The number of hydrogen-bond acceptors (Lipinski definition) is 3. The summed E-state index contributed by atoms with van der Waals surface area (Å²) in [7, 11) is -2.77. The maximum Gasteiger partial charge on any atom is 0.278 e. The van der Waals surface area contributed by atoms with E-state index in [1.54, 1.807) is 0 Å². The minimum atomic E-state index is -3.95. The van der Waals surface area contributed by atoms with E-state index < -0.39 is 15.8 Å². The average Bonchev–Trinajstić information content (AvgIpc) is 2.47. The number of rotatable bonds is 4. The predicted molar refractivity (Wildman–Crippen MR) is 90.2 cm³/mol. The maximum absolute atomic E-state index is 13.8. The van der Waals surface area contributed by atoms with Crippen molar-refractivity contribution >= 4 is 50.0 Å². The molecule has 0 saturated carbocycles. The molecule has 2 rings (SSSR count). The second-order valence-electron chi connectivity index (χ2n) is 4.38. The largest absolute Gasteiger partial charge is 0.278 e. The molecule has 0 bridgehead atoms. The molecular formula is C14H10Cl3FN2O2S. The van der Waals surface area contributed by atoms with Crippen LogP contribution >= 0.6 is 34.8 Å². The molecule has 0 aromatic heterocycles. The normalized spacial score (nSPS) is 12.3. The molecule has 0 radical (unpaired) electrons. The van der Waals surface area contributed by atoms with Gasteiger partial charge < -0.3 is 0 Å². The fourth-order valence-corrected chi connectivity index (χ4v) is 3.43. The number of sulfonamides is 1. The van der Waals surface area contributed by atoms with Crippen LogP contribution in [0.4, 0.5) is 4.39 Å². The molecular weight excluding hydrogens is 386 g/mol. The number of nitrogens with zero attached hydrogens (tertiary/aromatic N) is 2. The zero-order chi connectivity index (χ0) is 17.2. The van der Waals surface area contributed by atoms with E-state index in [-0.39, 0.29) is 20.7 Å². The molecule has 122 valence electrons. The van der Waals surface area contributed by atoms with Gasteiger partial charge in [-0.15, -0.1) is 5.10 Å². The van der Waals surface area contributed by atoms with Crippen LogP contribution in [0.5, 0.6) is 0 Å². The van der Waals surface area contributed by atoms with Crippen LogP contribution in [0, 0.1) is 5.82 Å². The Labute approximate surface area is 148 Å². The van der Waals surface area contributed by atoms with Crippen LogP contribution in [-0.2, 0) is 10.0 Å². The smallest absolute Gasteiger partial charge is 0.206 e. The lowest BCUT2D eigenvalue weighted by molar-refractivity contribution is 0.490. The fraction of sp³-hybridized carbons (Fsp3) is 0.0714. The Morgan fingerprint density at radius 1 is 1.13 bits per heavy atom. The Bertz CT molecular complexity index is 835. The van der Waals surface area contributed by atoms with E-state index in [0.29, 0.717) is 9.44 Å². The van der Waals surface area contributed by atoms with E-state index in [1.807, 2.05) is 0 Å². The van der Waals surface area contributed by atoms with E-state index in [0.717, 1.165) is 6.07 Å². The number of hydrazone groups is 1. The molecule has 0 aliphatic carbocycles. The topological polar surface area (TPSA) is 49.7 Å². The van der Waals surface area contributed by atoms with Gasteiger partial charge >= 0.3 is 0 Å². The highest BCUT2D eigenvalue weighted by molar-refractivity contribution is 7.89. The third-order valence-corrected chi connectivity index (χ3v) is 5.33. The second kappa shape index (κ2) is 7.05. The molecule has 4 nitrogen and oxygen atoms in total. The highest BCUT2D eigenvalue weighted by Gasteiger charge is 2.21. The summed E-state index contributed by atoms with van der Waals surface area (Å²) in [5.74, 6) is -0.705. The summed E-state index contributed by atoms with van der Waals surface area (Å²) in [5.41, 5.74) is -0.172. The molecule has 0 aliphatic rings. The monoisotopic (exact) mass is 394 g/mol. The summed E-state index contributed by atoms with van der Waals surface area (Å²) in [4.78, 5) is -0.0303. The van der Waals surface area contributed by atoms with Crippen LogP contribution in [-0.4, -0.2) is 25.1 Å². The third kappa shape index (κ3) is 3.95. The van der Waals surface area contributed by atoms with Gasteiger partial charge in [0.25, 0.3) is 10.0 Å². The molecule has 23 heavy (non-hydrogen) atoms. The first kappa shape index (κ1) is 18.0. The summed E-state index contributed by atoms with van der Waals surface area (Å²) >= 11 is 17.5. The van der Waals surface area contributed by atoms with Crippen LogP contribution < -0.4 is 0 Å². The minimum Gasteiger partial charge on any atom is -0.206 e. The standard InChI is InChI=1S/C14H10Cl3FN2O2S/c1-20(23(21,22)10-7-5-9(15)6-8-10)19-14(17)13-11(16)3-2-4-12(13)18/h2-8H,1H3/b19-14-. The molecule has 0 fully saturated rings. The Kier molecular flexibility index (Phi) is 5.52. The number of benzene rings is 2. The molecule has 0 atom stereocenters. The van der Waals surface area contributed by atoms with Crippen LogP contribution in [0.2, 0.25) is 10.0 Å². The highest BCUT2D eigenvalue weighted by atomic mass is 35.5. The van der Waals surface area contributed by atoms with E-state index in [4.69, 9.17) is 34.8 Å². The Morgan fingerprint density at radius 3 is 2.30 bits per heavy atom. The van der Waals surface area contributed by atoms with Gasteiger partial charge in [0.1, 0.15) is 5.82 Å². The van der Waals surface area contributed by atoms with Crippen LogP contribution in [0.25, 0.3) is 0 Å². The molecule has 0 unspecified atom stereocenters. The summed E-state index contributed by atoms with van der Waals surface area (Å²) in [6.07, 6.45) is 0. The van der Waals surface area contributed by atoms with Crippen molar-refractivity contribution in [3.63, 3.8) is 0 Å². The Morgan fingerprint density at radius 2 is 1.74 bits per heavy atom. The molecule has 0 spiro atoms. The van der Waals surface area contributed by atoms with E-state index in [9.17, 15) is 12.8 Å². The molecule has 2 aromatic carbocycles. The molecule has 2 aromatic rings. The van der Waals surface area contributed by atoms with Crippen LogP contribution in [0.15, 0.2) is 52.5 Å². The minimum absolute atomic E-state index is 0.0241. The molecule has 0 heterocycles. The lowest BCUT2D eigenvalue weighted by Crippen LogP contribution is -2.23. The van der Waals surface area contributed by atoms with Crippen molar-refractivity contribution in [1.82, 2.24) is 4.41 Å². The SMILES string of the molecule is CN(/N=C(\Cl)c1c(F)cccc1Cl)S(=O)(=O)c1ccc(Cl)cc1. The zero-order valence-electron chi connectivity index (χ0n) is 11.7. The summed E-state index contributed by atoms with van der Waals surface area (Å²) in [6, 6.07) is 9.49. The molecule has 9 heteroatoms. The van der Waals surface area contributed by atoms with Crippen molar-refractivity contribution in [2.24, 2.45) is 5.10 Å². The van der Waals surface area contributed by atoms with Crippen molar-refractivity contribution in [3.8, 4) is 0 Å². The first-order valence-electron chi connectivity index (χ1n) is 6.16. The summed E-state index contributed by atoms with van der Waals surface area (Å²) < 4.78 is 39.2. The number of halogens is 4. The van der Waals surface area contributed by atoms with Crippen molar-refractivity contribution in [3.05, 3.63) is 63.9 Å². The lowest BCUT2D eigenvalue weighted by atomic mass is 10.2. The average molecular weight is 396 g/mol. The van der Waals surface area contributed by atoms with Crippen LogP contribution in [0.1, 0.15) is 5.56 Å². The zero-order valence-corrected chi connectivity index (χ0v) is 14.8. The summed E-state index contributed by atoms with van der Waals surface area (Å²) in [6.45, 7) is 0. The second-order valence-corrected chi connectivity index (χ2v) is 7.53. The maximum atomic E-state index is 13.8. The molecule has 0 saturated heterocycles. The third-order valence-electron chi connectivity index (χ3n) is 2.86.